The van der Waals surface area contributed by atoms with E-state index in [2.05, 4.69) is 15.9 Å². The predicted molar refractivity (Wildman–Crippen MR) is 78.5 cm³/mol. The van der Waals surface area contributed by atoms with Crippen LogP contribution in [0.15, 0.2) is 22.7 Å². The van der Waals surface area contributed by atoms with Crippen LogP contribution in [-0.2, 0) is 4.74 Å². The van der Waals surface area contributed by atoms with Crippen molar-refractivity contribution >= 4 is 15.9 Å². The third-order valence-electron chi connectivity index (χ3n) is 3.42. The Kier molecular flexibility index (Phi) is 5.67. The Morgan fingerprint density at radius 1 is 1.53 bits per heavy atom. The summed E-state index contributed by atoms with van der Waals surface area (Å²) >= 11 is 3.44. The number of hydrogen-bond donors (Lipinski definition) is 1. The molecule has 2 rings (SSSR count). The quantitative estimate of drug-likeness (QED) is 0.862. The lowest BCUT2D eigenvalue weighted by atomic mass is 10.0. The molecule has 1 aromatic carbocycles. The topological polar surface area (TPSA) is 38.7 Å². The van der Waals surface area contributed by atoms with Crippen molar-refractivity contribution in [2.75, 3.05) is 13.2 Å². The number of ether oxygens (including phenoxy) is 2. The Labute approximate surface area is 123 Å². The molecule has 3 nitrogen and oxygen atoms in total. The van der Waals surface area contributed by atoms with Gasteiger partial charge in [0.25, 0.3) is 0 Å². The van der Waals surface area contributed by atoms with Crippen LogP contribution in [0.2, 0.25) is 0 Å². The number of halogens is 1. The van der Waals surface area contributed by atoms with Gasteiger partial charge >= 0.3 is 0 Å². The Morgan fingerprint density at radius 2 is 2.37 bits per heavy atom. The third kappa shape index (κ3) is 4.20. The van der Waals surface area contributed by atoms with Gasteiger partial charge in [0.15, 0.2) is 0 Å². The SMILES string of the molecule is CCOc1ccc(Br)cc1C(O)CCC1CCCO1. The molecular weight excluding hydrogens is 308 g/mol. The van der Waals surface area contributed by atoms with Gasteiger partial charge in [0, 0.05) is 16.6 Å². The van der Waals surface area contributed by atoms with Gasteiger partial charge in [0.2, 0.25) is 0 Å². The van der Waals surface area contributed by atoms with Gasteiger partial charge in [-0.05, 0) is 50.8 Å². The van der Waals surface area contributed by atoms with Gasteiger partial charge < -0.3 is 14.6 Å². The van der Waals surface area contributed by atoms with Crippen LogP contribution in [0.25, 0.3) is 0 Å². The number of benzene rings is 1. The van der Waals surface area contributed by atoms with E-state index in [-0.39, 0.29) is 0 Å². The summed E-state index contributed by atoms with van der Waals surface area (Å²) in [6.07, 6.45) is 3.69. The summed E-state index contributed by atoms with van der Waals surface area (Å²) in [7, 11) is 0. The molecule has 0 amide bonds. The van der Waals surface area contributed by atoms with Crippen molar-refractivity contribution in [3.05, 3.63) is 28.2 Å². The molecule has 0 saturated carbocycles. The molecule has 2 atom stereocenters. The van der Waals surface area contributed by atoms with Gasteiger partial charge in [-0.25, -0.2) is 0 Å². The van der Waals surface area contributed by atoms with Crippen LogP contribution in [0.1, 0.15) is 44.3 Å². The highest BCUT2D eigenvalue weighted by atomic mass is 79.9. The number of aliphatic hydroxyl groups excluding tert-OH is 1. The maximum absolute atomic E-state index is 10.4. The number of hydrogen-bond acceptors (Lipinski definition) is 3. The van der Waals surface area contributed by atoms with Crippen LogP contribution in [0, 0.1) is 0 Å². The summed E-state index contributed by atoms with van der Waals surface area (Å²) in [6.45, 7) is 3.42. The van der Waals surface area contributed by atoms with Crippen molar-refractivity contribution in [1.29, 1.82) is 0 Å². The van der Waals surface area contributed by atoms with Crippen LogP contribution in [0.5, 0.6) is 5.75 Å². The van der Waals surface area contributed by atoms with Gasteiger partial charge in [0.05, 0.1) is 18.8 Å². The zero-order valence-corrected chi connectivity index (χ0v) is 12.9. The van der Waals surface area contributed by atoms with Crippen molar-refractivity contribution in [3.8, 4) is 5.75 Å². The van der Waals surface area contributed by atoms with Crippen LogP contribution in [-0.4, -0.2) is 24.4 Å². The fraction of sp³-hybridized carbons (Fsp3) is 0.600. The lowest BCUT2D eigenvalue weighted by Crippen LogP contribution is -2.09. The molecule has 1 aliphatic heterocycles. The van der Waals surface area contributed by atoms with E-state index < -0.39 is 6.10 Å². The molecule has 1 fully saturated rings. The molecule has 0 aliphatic carbocycles. The highest BCUT2D eigenvalue weighted by Gasteiger charge is 2.19. The Bertz CT molecular complexity index is 402. The van der Waals surface area contributed by atoms with Gasteiger partial charge in [0.1, 0.15) is 5.75 Å². The molecule has 1 aromatic rings. The van der Waals surface area contributed by atoms with E-state index in [9.17, 15) is 5.11 Å². The van der Waals surface area contributed by atoms with Crippen LogP contribution >= 0.6 is 15.9 Å². The zero-order valence-electron chi connectivity index (χ0n) is 11.3. The average Bonchev–Trinajstić information content (AvgIpc) is 2.91. The fourth-order valence-corrected chi connectivity index (χ4v) is 2.82. The average molecular weight is 329 g/mol. The first-order valence-corrected chi connectivity index (χ1v) is 7.72. The van der Waals surface area contributed by atoms with Crippen molar-refractivity contribution < 1.29 is 14.6 Å². The Balaban J connectivity index is 1.99. The normalized spacial score (nSPS) is 20.5. The van der Waals surface area contributed by atoms with Crippen molar-refractivity contribution in [1.82, 2.24) is 0 Å². The Morgan fingerprint density at radius 3 is 3.05 bits per heavy atom. The highest BCUT2D eigenvalue weighted by molar-refractivity contribution is 9.10. The van der Waals surface area contributed by atoms with Gasteiger partial charge in [-0.15, -0.1) is 0 Å². The molecular formula is C15H21BrO3. The third-order valence-corrected chi connectivity index (χ3v) is 3.91. The van der Waals surface area contributed by atoms with E-state index in [1.54, 1.807) is 0 Å². The second-order valence-electron chi connectivity index (χ2n) is 4.84. The van der Waals surface area contributed by atoms with E-state index in [4.69, 9.17) is 9.47 Å². The molecule has 19 heavy (non-hydrogen) atoms. The standard InChI is InChI=1S/C15H21BrO3/c1-2-18-15-8-5-11(16)10-13(15)14(17)7-6-12-4-3-9-19-12/h5,8,10,12,14,17H,2-4,6-7,9H2,1H3. The second kappa shape index (κ2) is 7.27. The van der Waals surface area contributed by atoms with E-state index in [1.165, 1.54) is 0 Å². The first kappa shape index (κ1) is 14.8. The van der Waals surface area contributed by atoms with Crippen molar-refractivity contribution in [3.63, 3.8) is 0 Å². The van der Waals surface area contributed by atoms with E-state index >= 15 is 0 Å². The van der Waals surface area contributed by atoms with Gasteiger partial charge in [-0.1, -0.05) is 15.9 Å². The predicted octanol–water partition coefficient (Wildman–Crippen LogP) is 3.84. The van der Waals surface area contributed by atoms with Crippen LogP contribution in [0.4, 0.5) is 0 Å². The summed E-state index contributed by atoms with van der Waals surface area (Å²) in [4.78, 5) is 0. The second-order valence-corrected chi connectivity index (χ2v) is 5.76. The molecule has 106 valence electrons. The smallest absolute Gasteiger partial charge is 0.125 e. The van der Waals surface area contributed by atoms with Gasteiger partial charge in [-0.3, -0.25) is 0 Å². The molecule has 0 bridgehead atoms. The first-order valence-electron chi connectivity index (χ1n) is 6.92. The van der Waals surface area contributed by atoms with Crippen LogP contribution < -0.4 is 4.74 Å². The minimum atomic E-state index is -0.497. The first-order chi connectivity index (χ1) is 9.20. The minimum absolute atomic E-state index is 0.317. The minimum Gasteiger partial charge on any atom is -0.493 e. The van der Waals surface area contributed by atoms with Gasteiger partial charge in [-0.2, -0.15) is 0 Å². The summed E-state index contributed by atoms with van der Waals surface area (Å²) in [5, 5.41) is 10.4. The lowest BCUT2D eigenvalue weighted by Gasteiger charge is -2.17. The molecule has 1 heterocycles. The molecule has 4 heteroatoms. The largest absolute Gasteiger partial charge is 0.493 e. The molecule has 0 radical (unpaired) electrons. The van der Waals surface area contributed by atoms with E-state index in [0.717, 1.165) is 41.7 Å². The summed E-state index contributed by atoms with van der Waals surface area (Å²) < 4.78 is 12.1. The number of aliphatic hydroxyl groups is 1. The van der Waals surface area contributed by atoms with E-state index in [1.807, 2.05) is 25.1 Å². The molecule has 1 saturated heterocycles. The maximum Gasteiger partial charge on any atom is 0.125 e. The maximum atomic E-state index is 10.4. The molecule has 1 N–H and O–H groups in total. The fourth-order valence-electron chi connectivity index (χ4n) is 2.44. The lowest BCUT2D eigenvalue weighted by molar-refractivity contribution is 0.0804. The van der Waals surface area contributed by atoms with Crippen molar-refractivity contribution in [2.24, 2.45) is 0 Å². The molecule has 2 unspecified atom stereocenters. The summed E-state index contributed by atoms with van der Waals surface area (Å²) in [5.74, 6) is 0.769. The van der Waals surface area contributed by atoms with Crippen molar-refractivity contribution in [2.45, 2.75) is 44.8 Å². The highest BCUT2D eigenvalue weighted by Crippen LogP contribution is 2.32. The van der Waals surface area contributed by atoms with E-state index in [0.29, 0.717) is 19.1 Å². The Hall–Kier alpha value is -0.580. The number of rotatable bonds is 6. The summed E-state index contributed by atoms with van der Waals surface area (Å²) in [5.41, 5.74) is 0.856. The zero-order chi connectivity index (χ0) is 13.7. The molecule has 0 aromatic heterocycles. The molecule has 0 spiro atoms. The van der Waals surface area contributed by atoms with Crippen LogP contribution in [0.3, 0.4) is 0 Å². The monoisotopic (exact) mass is 328 g/mol. The summed E-state index contributed by atoms with van der Waals surface area (Å²) in [6, 6.07) is 5.77. The molecule has 1 aliphatic rings.